The van der Waals surface area contributed by atoms with E-state index in [0.29, 0.717) is 0 Å². The van der Waals surface area contributed by atoms with Gasteiger partial charge in [0.2, 0.25) is 0 Å². The first-order chi connectivity index (χ1) is 10.7. The van der Waals surface area contributed by atoms with Crippen molar-refractivity contribution in [2.75, 3.05) is 0 Å². The Hall–Kier alpha value is -1.98. The molecule has 0 unspecified atom stereocenters. The highest BCUT2D eigenvalue weighted by molar-refractivity contribution is 9.10. The number of benzene rings is 2. The second-order valence-corrected chi connectivity index (χ2v) is 6.24. The van der Waals surface area contributed by atoms with Crippen molar-refractivity contribution in [3.63, 3.8) is 0 Å². The van der Waals surface area contributed by atoms with E-state index in [4.69, 9.17) is 11.1 Å². The molecule has 2 rings (SSSR count). The average Bonchev–Trinajstić information content (AvgIpc) is 2.51. The zero-order chi connectivity index (χ0) is 15.9. The first kappa shape index (κ1) is 16.4. The van der Waals surface area contributed by atoms with E-state index in [2.05, 4.69) is 51.9 Å². The lowest BCUT2D eigenvalue weighted by molar-refractivity contribution is 0.568. The van der Waals surface area contributed by atoms with Crippen LogP contribution in [0, 0.1) is 0 Å². The van der Waals surface area contributed by atoms with Gasteiger partial charge in [-0.05, 0) is 46.5 Å². The van der Waals surface area contributed by atoms with Gasteiger partial charge in [0.25, 0.3) is 0 Å². The third-order valence-electron chi connectivity index (χ3n) is 3.03. The van der Waals surface area contributed by atoms with E-state index in [9.17, 15) is 0 Å². The normalized spacial score (nSPS) is 12.6. The number of hydrogen-bond donors (Lipinski definition) is 0. The molecule has 0 spiro atoms. The Balaban J connectivity index is 2.55. The molecule has 0 aliphatic heterocycles. The van der Waals surface area contributed by atoms with Gasteiger partial charge in [0.1, 0.15) is 0 Å². The maximum atomic E-state index is 8.89. The lowest BCUT2D eigenvalue weighted by atomic mass is 9.95. The van der Waals surface area contributed by atoms with Crippen LogP contribution in [0.1, 0.15) is 23.2 Å². The largest absolute Gasteiger partial charge is 0.0851 e. The Morgan fingerprint density at radius 1 is 0.773 bits per heavy atom. The topological polar surface area (TPSA) is 97.5 Å². The molecule has 2 aromatic carbocycles. The summed E-state index contributed by atoms with van der Waals surface area (Å²) in [6, 6.07) is 13.5. The lowest BCUT2D eigenvalue weighted by Gasteiger charge is -2.20. The van der Waals surface area contributed by atoms with Gasteiger partial charge in [0.05, 0.1) is 12.1 Å². The first-order valence-electron chi connectivity index (χ1n) is 6.25. The highest BCUT2D eigenvalue weighted by atomic mass is 79.9. The zero-order valence-electron chi connectivity index (χ0n) is 11.2. The van der Waals surface area contributed by atoms with Gasteiger partial charge < -0.3 is 0 Å². The van der Waals surface area contributed by atoms with Crippen LogP contribution in [0.4, 0.5) is 0 Å². The van der Waals surface area contributed by atoms with Crippen LogP contribution in [-0.4, -0.2) is 0 Å². The summed E-state index contributed by atoms with van der Waals surface area (Å²) in [6.45, 7) is 0. The van der Waals surface area contributed by atoms with E-state index in [0.717, 1.165) is 20.1 Å². The Morgan fingerprint density at radius 3 is 1.50 bits per heavy atom. The van der Waals surface area contributed by atoms with Crippen molar-refractivity contribution in [2.24, 2.45) is 10.2 Å². The number of rotatable bonds is 5. The van der Waals surface area contributed by atoms with Crippen molar-refractivity contribution in [1.29, 1.82) is 0 Å². The summed E-state index contributed by atoms with van der Waals surface area (Å²) in [4.78, 5) is 5.82. The van der Waals surface area contributed by atoms with E-state index in [1.54, 1.807) is 0 Å². The van der Waals surface area contributed by atoms with E-state index < -0.39 is 12.1 Å². The van der Waals surface area contributed by atoms with Crippen LogP contribution in [0.5, 0.6) is 0 Å². The van der Waals surface area contributed by atoms with Crippen molar-refractivity contribution in [3.8, 4) is 0 Å². The fourth-order valence-electron chi connectivity index (χ4n) is 2.12. The third-order valence-corrected chi connectivity index (χ3v) is 4.02. The lowest BCUT2D eigenvalue weighted by Crippen LogP contribution is -2.07. The minimum atomic E-state index is -0.632. The second kappa shape index (κ2) is 7.87. The molecular formula is C14H10Br2N6. The van der Waals surface area contributed by atoms with Crippen LogP contribution in [0.15, 0.2) is 67.7 Å². The Labute approximate surface area is 143 Å². The molecular weight excluding hydrogens is 412 g/mol. The van der Waals surface area contributed by atoms with Gasteiger partial charge in [-0.25, -0.2) is 0 Å². The standard InChI is InChI=1S/C14H10Br2N6/c15-11-5-1-3-9(7-11)13(19-21-17)14(20-22-18)10-4-2-6-12(16)8-10/h1-8,13-14H/t13-,14-/m1/s1. The summed E-state index contributed by atoms with van der Waals surface area (Å²) in [7, 11) is 0. The van der Waals surface area contributed by atoms with Gasteiger partial charge in [-0.1, -0.05) is 66.4 Å². The van der Waals surface area contributed by atoms with Crippen molar-refractivity contribution < 1.29 is 0 Å². The number of hydrogen-bond acceptors (Lipinski definition) is 2. The average molecular weight is 422 g/mol. The Morgan fingerprint density at radius 2 is 1.18 bits per heavy atom. The Bertz CT molecular complexity index is 700. The molecule has 2 aromatic rings. The maximum Gasteiger partial charge on any atom is 0.0750 e. The molecule has 6 nitrogen and oxygen atoms in total. The fourth-order valence-corrected chi connectivity index (χ4v) is 2.95. The molecule has 2 atom stereocenters. The van der Waals surface area contributed by atoms with Crippen LogP contribution in [0.2, 0.25) is 0 Å². The van der Waals surface area contributed by atoms with E-state index >= 15 is 0 Å². The zero-order valence-corrected chi connectivity index (χ0v) is 14.4. The summed E-state index contributed by atoms with van der Waals surface area (Å²) in [6.07, 6.45) is 0. The van der Waals surface area contributed by atoms with Crippen LogP contribution < -0.4 is 0 Å². The summed E-state index contributed by atoms with van der Waals surface area (Å²) >= 11 is 6.78. The molecule has 0 aliphatic carbocycles. The molecule has 0 fully saturated rings. The summed E-state index contributed by atoms with van der Waals surface area (Å²) in [5.41, 5.74) is 19.3. The highest BCUT2D eigenvalue weighted by Crippen LogP contribution is 2.37. The van der Waals surface area contributed by atoms with Crippen LogP contribution in [0.25, 0.3) is 20.9 Å². The monoisotopic (exact) mass is 420 g/mol. The van der Waals surface area contributed by atoms with Gasteiger partial charge in [-0.3, -0.25) is 0 Å². The molecule has 8 heteroatoms. The molecule has 0 heterocycles. The molecule has 0 aromatic heterocycles. The summed E-state index contributed by atoms with van der Waals surface area (Å²) in [5.74, 6) is 0. The number of azide groups is 2. The van der Waals surface area contributed by atoms with Crippen LogP contribution in [-0.2, 0) is 0 Å². The van der Waals surface area contributed by atoms with Crippen molar-refractivity contribution in [1.82, 2.24) is 0 Å². The van der Waals surface area contributed by atoms with Gasteiger partial charge in [-0.15, -0.1) is 0 Å². The maximum absolute atomic E-state index is 8.89. The van der Waals surface area contributed by atoms with Crippen molar-refractivity contribution in [2.45, 2.75) is 12.1 Å². The molecule has 0 radical (unpaired) electrons. The molecule has 0 N–H and O–H groups in total. The molecule has 0 aliphatic rings. The van der Waals surface area contributed by atoms with Crippen molar-refractivity contribution in [3.05, 3.63) is 89.5 Å². The first-order valence-corrected chi connectivity index (χ1v) is 7.83. The highest BCUT2D eigenvalue weighted by Gasteiger charge is 2.23. The molecule has 22 heavy (non-hydrogen) atoms. The Kier molecular flexibility index (Phi) is 5.86. The minimum Gasteiger partial charge on any atom is -0.0851 e. The van der Waals surface area contributed by atoms with E-state index in [1.807, 2.05) is 48.5 Å². The SMILES string of the molecule is [N-]=[N+]=N[C@H](c1cccc(Br)c1)[C@H](N=[N+]=[N-])c1cccc(Br)c1. The van der Waals surface area contributed by atoms with Gasteiger partial charge in [-0.2, -0.15) is 0 Å². The quantitative estimate of drug-likeness (QED) is 0.294. The van der Waals surface area contributed by atoms with E-state index in [-0.39, 0.29) is 0 Å². The van der Waals surface area contributed by atoms with Crippen molar-refractivity contribution >= 4 is 31.9 Å². The molecule has 110 valence electrons. The molecule has 0 amide bonds. The van der Waals surface area contributed by atoms with Gasteiger partial charge in [0, 0.05) is 18.8 Å². The van der Waals surface area contributed by atoms with Gasteiger partial charge >= 0.3 is 0 Å². The van der Waals surface area contributed by atoms with Crippen LogP contribution in [0.3, 0.4) is 0 Å². The predicted molar refractivity (Wildman–Crippen MR) is 92.1 cm³/mol. The van der Waals surface area contributed by atoms with Gasteiger partial charge in [0.15, 0.2) is 0 Å². The summed E-state index contributed by atoms with van der Waals surface area (Å²) < 4.78 is 1.72. The second-order valence-electron chi connectivity index (χ2n) is 4.41. The molecule has 0 saturated carbocycles. The van der Waals surface area contributed by atoms with E-state index in [1.165, 1.54) is 0 Å². The minimum absolute atomic E-state index is 0.632. The number of halogens is 2. The summed E-state index contributed by atoms with van der Waals surface area (Å²) in [5, 5.41) is 7.68. The predicted octanol–water partition coefficient (Wildman–Crippen LogP) is 6.61. The molecule has 0 saturated heterocycles. The number of nitrogens with zero attached hydrogens (tertiary/aromatic N) is 6. The fraction of sp³-hybridized carbons (Fsp3) is 0.143. The third kappa shape index (κ3) is 4.02. The molecule has 0 bridgehead atoms. The smallest absolute Gasteiger partial charge is 0.0750 e. The van der Waals surface area contributed by atoms with Crippen LogP contribution >= 0.6 is 31.9 Å².